The van der Waals surface area contributed by atoms with E-state index in [2.05, 4.69) is 21.1 Å². The number of ether oxygens (including phenoxy) is 1. The minimum Gasteiger partial charge on any atom is -0.483 e. The van der Waals surface area contributed by atoms with Gasteiger partial charge in [0.1, 0.15) is 33.6 Å². The largest absolute Gasteiger partial charge is 0.483 e. The van der Waals surface area contributed by atoms with Crippen LogP contribution < -0.4 is 15.8 Å². The Hall–Kier alpha value is -4.11. The highest BCUT2D eigenvalue weighted by atomic mass is 35.5. The summed E-state index contributed by atoms with van der Waals surface area (Å²) in [5.41, 5.74) is 8.96. The number of benzene rings is 2. The molecule has 0 bridgehead atoms. The third kappa shape index (κ3) is 6.56. The van der Waals surface area contributed by atoms with Crippen molar-refractivity contribution >= 4 is 50.7 Å². The van der Waals surface area contributed by atoms with Crippen molar-refractivity contribution in [3.05, 3.63) is 76.8 Å². The molecule has 11 nitrogen and oxygen atoms in total. The van der Waals surface area contributed by atoms with Crippen LogP contribution in [0.15, 0.2) is 53.6 Å². The lowest BCUT2D eigenvalue weighted by molar-refractivity contribution is -0.122. The van der Waals surface area contributed by atoms with Crippen LogP contribution in [-0.2, 0) is 19.6 Å². The van der Waals surface area contributed by atoms with E-state index in [0.29, 0.717) is 29.1 Å². The van der Waals surface area contributed by atoms with Gasteiger partial charge in [0, 0.05) is 17.5 Å². The van der Waals surface area contributed by atoms with Gasteiger partial charge in [-0.15, -0.1) is 0 Å². The van der Waals surface area contributed by atoms with Gasteiger partial charge in [-0.2, -0.15) is 0 Å². The van der Waals surface area contributed by atoms with E-state index >= 15 is 4.39 Å². The maximum atomic E-state index is 15.6. The zero-order valence-corrected chi connectivity index (χ0v) is 26.6. The fourth-order valence-electron chi connectivity index (χ4n) is 5.53. The van der Waals surface area contributed by atoms with Gasteiger partial charge in [0.05, 0.1) is 41.9 Å². The fourth-order valence-corrected chi connectivity index (χ4v) is 6.92. The summed E-state index contributed by atoms with van der Waals surface area (Å²) in [6.07, 6.45) is 6.58. The van der Waals surface area contributed by atoms with Crippen LogP contribution in [0.4, 0.5) is 20.3 Å². The Bertz CT molecular complexity index is 1910. The fraction of sp³-hybridized carbons (Fsp3) is 0.323. The second kappa shape index (κ2) is 13.7. The molecule has 0 amide bonds. The number of rotatable bonds is 8. The number of nitrogen functional groups attached to an aromatic ring is 1. The smallest absolute Gasteiger partial charge is 0.290 e. The number of allylic oxidation sites excluding steroid dienone is 1. The van der Waals surface area contributed by atoms with Crippen LogP contribution in [-0.4, -0.2) is 59.7 Å². The normalized spacial score (nSPS) is 16.8. The number of anilines is 2. The van der Waals surface area contributed by atoms with Gasteiger partial charge in [-0.1, -0.05) is 43.7 Å². The van der Waals surface area contributed by atoms with Crippen molar-refractivity contribution < 1.29 is 31.8 Å². The van der Waals surface area contributed by atoms with Gasteiger partial charge in [0.15, 0.2) is 5.82 Å². The molecule has 2 aromatic heterocycles. The molecule has 0 spiro atoms. The van der Waals surface area contributed by atoms with Gasteiger partial charge < -0.3 is 20.9 Å². The predicted octanol–water partition coefficient (Wildman–Crippen LogP) is 5.46. The van der Waals surface area contributed by atoms with Crippen molar-refractivity contribution in [3.8, 4) is 11.3 Å². The summed E-state index contributed by atoms with van der Waals surface area (Å²) in [7, 11) is -4.43. The number of imidazole rings is 1. The van der Waals surface area contributed by atoms with Crippen molar-refractivity contribution in [2.75, 3.05) is 23.7 Å². The first-order chi connectivity index (χ1) is 22.0. The molecular formula is C31H33ClF2N6O5S. The highest BCUT2D eigenvalue weighted by molar-refractivity contribution is 7.92. The van der Waals surface area contributed by atoms with E-state index in [-0.39, 0.29) is 28.8 Å². The Labute approximate surface area is 269 Å². The molecule has 15 heteroatoms. The molecular weight excluding hydrogens is 642 g/mol. The van der Waals surface area contributed by atoms with E-state index in [1.54, 1.807) is 6.20 Å². The van der Waals surface area contributed by atoms with E-state index < -0.39 is 32.2 Å². The van der Waals surface area contributed by atoms with E-state index in [9.17, 15) is 12.8 Å². The van der Waals surface area contributed by atoms with E-state index in [4.69, 9.17) is 37.0 Å². The molecule has 4 aromatic rings. The molecule has 1 unspecified atom stereocenters. The number of carboxylic acid groups (broad SMARTS) is 1. The first-order valence-corrected chi connectivity index (χ1v) is 16.4. The van der Waals surface area contributed by atoms with Gasteiger partial charge in [-0.25, -0.2) is 27.2 Å². The van der Waals surface area contributed by atoms with Crippen molar-refractivity contribution in [2.24, 2.45) is 0 Å². The number of nitrogens with one attached hydrogen (secondary N) is 2. The van der Waals surface area contributed by atoms with Crippen LogP contribution in [0.3, 0.4) is 0 Å². The molecule has 1 saturated heterocycles. The lowest BCUT2D eigenvalue weighted by atomic mass is 9.92. The number of nitrogens with zero attached hydrogens (tertiary/aromatic N) is 3. The van der Waals surface area contributed by atoms with Gasteiger partial charge in [-0.3, -0.25) is 13.9 Å². The minimum absolute atomic E-state index is 0.0329. The highest BCUT2D eigenvalue weighted by Crippen LogP contribution is 2.40. The molecule has 244 valence electrons. The second-order valence-electron chi connectivity index (χ2n) is 11.2. The number of halogens is 3. The molecule has 0 saturated carbocycles. The zero-order valence-electron chi connectivity index (χ0n) is 25.0. The number of sulfonamides is 1. The maximum absolute atomic E-state index is 15.6. The van der Waals surface area contributed by atoms with E-state index in [0.717, 1.165) is 55.9 Å². The van der Waals surface area contributed by atoms with Crippen LogP contribution in [0, 0.1) is 11.6 Å². The first kappa shape index (κ1) is 33.3. The molecule has 1 aliphatic carbocycles. The molecule has 1 aliphatic heterocycles. The summed E-state index contributed by atoms with van der Waals surface area (Å²) in [5, 5.41) is 10.2. The van der Waals surface area contributed by atoms with E-state index in [1.165, 1.54) is 24.3 Å². The number of fused-ring (bicyclic) bond motifs is 1. The standard InChI is InChI=1S/C30H31ClF2N6O3S.CH2O2/c1-16(2)30-37-27(20-11-12-22(26(33)25(20)31)38-43(40,41)24-6-4-3-5-21(24)32)28-29(34)35-13-23(39(28)30)17-7-9-18(10-8-17)36-19-14-42-15-19;2-1-3/h3-7,11-13,16,18-19,36,38H,8-10,14-15H2,1-2H3,(H2,34,35);1H,(H,2,3). The van der Waals surface area contributed by atoms with Crippen LogP contribution in [0.1, 0.15) is 50.5 Å². The van der Waals surface area contributed by atoms with Gasteiger partial charge in [0.2, 0.25) is 0 Å². The molecule has 5 N–H and O–H groups in total. The topological polar surface area (TPSA) is 161 Å². The third-order valence-electron chi connectivity index (χ3n) is 7.79. The first-order valence-electron chi connectivity index (χ1n) is 14.5. The minimum atomic E-state index is -4.43. The summed E-state index contributed by atoms with van der Waals surface area (Å²) in [5.74, 6) is -1.13. The Morgan fingerprint density at radius 1 is 1.17 bits per heavy atom. The van der Waals surface area contributed by atoms with Crippen molar-refractivity contribution in [3.63, 3.8) is 0 Å². The number of hydrogen-bond donors (Lipinski definition) is 4. The monoisotopic (exact) mass is 674 g/mol. The van der Waals surface area contributed by atoms with E-state index in [1.807, 2.05) is 18.2 Å². The Kier molecular flexibility index (Phi) is 9.91. The molecule has 1 fully saturated rings. The number of hydrogen-bond acceptors (Lipinski definition) is 8. The zero-order chi connectivity index (χ0) is 33.2. The lowest BCUT2D eigenvalue weighted by Crippen LogP contribution is -2.50. The van der Waals surface area contributed by atoms with Crippen LogP contribution >= 0.6 is 11.6 Å². The highest BCUT2D eigenvalue weighted by Gasteiger charge is 2.28. The van der Waals surface area contributed by atoms with Crippen LogP contribution in [0.5, 0.6) is 0 Å². The molecule has 46 heavy (non-hydrogen) atoms. The second-order valence-corrected chi connectivity index (χ2v) is 13.2. The van der Waals surface area contributed by atoms with Gasteiger partial charge in [-0.05, 0) is 49.1 Å². The molecule has 0 radical (unpaired) electrons. The van der Waals surface area contributed by atoms with Gasteiger partial charge in [0.25, 0.3) is 16.5 Å². The summed E-state index contributed by atoms with van der Waals surface area (Å²) < 4.78 is 64.8. The molecule has 3 heterocycles. The average Bonchev–Trinajstić information content (AvgIpc) is 3.40. The van der Waals surface area contributed by atoms with Crippen LogP contribution in [0.2, 0.25) is 5.02 Å². The Morgan fingerprint density at radius 2 is 1.89 bits per heavy atom. The van der Waals surface area contributed by atoms with Crippen molar-refractivity contribution in [1.82, 2.24) is 19.7 Å². The van der Waals surface area contributed by atoms with Crippen molar-refractivity contribution in [1.29, 1.82) is 0 Å². The average molecular weight is 675 g/mol. The molecule has 6 rings (SSSR count). The molecule has 2 aromatic carbocycles. The summed E-state index contributed by atoms with van der Waals surface area (Å²) >= 11 is 6.52. The predicted molar refractivity (Wildman–Crippen MR) is 171 cm³/mol. The molecule has 1 atom stereocenters. The number of aromatic nitrogens is 3. The van der Waals surface area contributed by atoms with Crippen molar-refractivity contribution in [2.45, 2.75) is 56.0 Å². The third-order valence-corrected chi connectivity index (χ3v) is 9.55. The lowest BCUT2D eigenvalue weighted by Gasteiger charge is -2.33. The maximum Gasteiger partial charge on any atom is 0.290 e. The summed E-state index contributed by atoms with van der Waals surface area (Å²) in [6.45, 7) is 5.23. The number of carbonyl (C=O) groups is 1. The Balaban J connectivity index is 0.00000134. The summed E-state index contributed by atoms with van der Waals surface area (Å²) in [4.78, 5) is 17.1. The quantitative estimate of drug-likeness (QED) is 0.178. The SMILES string of the molecule is CC(C)c1nc(-c2ccc(NS(=O)(=O)c3ccccc3F)c(F)c2Cl)c2c(N)ncc(C3=CCC(NC4COC4)CC3)n12.O=CO. The van der Waals surface area contributed by atoms with Gasteiger partial charge >= 0.3 is 0 Å². The summed E-state index contributed by atoms with van der Waals surface area (Å²) in [6, 6.07) is 8.29. The van der Waals surface area contributed by atoms with Crippen LogP contribution in [0.25, 0.3) is 22.3 Å². The molecule has 2 aliphatic rings. The number of nitrogens with two attached hydrogens (primary N) is 1. The Morgan fingerprint density at radius 3 is 2.50 bits per heavy atom.